The van der Waals surface area contributed by atoms with Gasteiger partial charge in [0.15, 0.2) is 0 Å². The zero-order valence-electron chi connectivity index (χ0n) is 13.1. The number of sulfonamides is 1. The lowest BCUT2D eigenvalue weighted by Crippen LogP contribution is -2.47. The van der Waals surface area contributed by atoms with Crippen LogP contribution in [0.15, 0.2) is 0 Å². The van der Waals surface area contributed by atoms with Crippen LogP contribution in [0.5, 0.6) is 0 Å². The molecule has 1 saturated carbocycles. The largest absolute Gasteiger partial charge is 0.327 e. The summed E-state index contributed by atoms with van der Waals surface area (Å²) in [7, 11) is -1.44. The van der Waals surface area contributed by atoms with Crippen molar-refractivity contribution in [2.45, 2.75) is 57.2 Å². The molecule has 1 atom stereocenters. The van der Waals surface area contributed by atoms with Crippen LogP contribution in [0.25, 0.3) is 0 Å². The second-order valence-electron chi connectivity index (χ2n) is 6.52. The van der Waals surface area contributed by atoms with Gasteiger partial charge in [-0.2, -0.15) is 4.31 Å². The quantitative estimate of drug-likeness (QED) is 0.696. The second-order valence-corrected chi connectivity index (χ2v) is 8.56. The fourth-order valence-corrected chi connectivity index (χ4v) is 5.61. The molecule has 7 nitrogen and oxygen atoms in total. The lowest BCUT2D eigenvalue weighted by molar-refractivity contribution is -0.129. The summed E-state index contributed by atoms with van der Waals surface area (Å²) >= 11 is 0. The van der Waals surface area contributed by atoms with Gasteiger partial charge in [-0.1, -0.05) is 0 Å². The van der Waals surface area contributed by atoms with Crippen LogP contribution >= 0.6 is 0 Å². The smallest absolute Gasteiger partial charge is 0.316 e. The minimum Gasteiger partial charge on any atom is -0.316 e. The Morgan fingerprint density at radius 2 is 1.64 bits per heavy atom. The lowest BCUT2D eigenvalue weighted by Gasteiger charge is -2.36. The van der Waals surface area contributed by atoms with Crippen molar-refractivity contribution in [3.05, 3.63) is 0 Å². The summed E-state index contributed by atoms with van der Waals surface area (Å²) in [5.41, 5.74) is 0. The minimum atomic E-state index is -3.08. The summed E-state index contributed by atoms with van der Waals surface area (Å²) in [6, 6.07) is -0.681. The zero-order valence-corrected chi connectivity index (χ0v) is 13.9. The van der Waals surface area contributed by atoms with Crippen LogP contribution in [0.4, 0.5) is 4.79 Å². The number of likely N-dealkylation sites (N-methyl/N-ethyl adjacent to an activating group) is 1. The van der Waals surface area contributed by atoms with Gasteiger partial charge < -0.3 is 4.90 Å². The third-order valence-corrected chi connectivity index (χ3v) is 7.26. The van der Waals surface area contributed by atoms with Gasteiger partial charge >= 0.3 is 6.03 Å². The van der Waals surface area contributed by atoms with Gasteiger partial charge in [-0.3, -0.25) is 9.69 Å². The first-order chi connectivity index (χ1) is 10.3. The number of hydrogen-bond acceptors (Lipinski definition) is 4. The van der Waals surface area contributed by atoms with Crippen molar-refractivity contribution >= 4 is 22.0 Å². The van der Waals surface area contributed by atoms with Gasteiger partial charge in [0.2, 0.25) is 10.0 Å². The average molecular weight is 329 g/mol. The van der Waals surface area contributed by atoms with E-state index in [-0.39, 0.29) is 29.8 Å². The van der Waals surface area contributed by atoms with Crippen molar-refractivity contribution in [1.29, 1.82) is 0 Å². The predicted octanol–water partition coefficient (Wildman–Crippen LogP) is 0.616. The molecule has 0 spiro atoms. The fourth-order valence-electron chi connectivity index (χ4n) is 3.81. The van der Waals surface area contributed by atoms with E-state index in [1.54, 1.807) is 18.3 Å². The maximum atomic E-state index is 12.2. The summed E-state index contributed by atoms with van der Waals surface area (Å²) in [6.45, 7) is 2.35. The molecule has 2 aliphatic heterocycles. The van der Waals surface area contributed by atoms with Crippen molar-refractivity contribution in [2.24, 2.45) is 0 Å². The molecule has 3 fully saturated rings. The van der Waals surface area contributed by atoms with Crippen LogP contribution in [0, 0.1) is 0 Å². The molecule has 22 heavy (non-hydrogen) atoms. The molecule has 2 saturated heterocycles. The Kier molecular flexibility index (Phi) is 3.92. The number of carbonyl (C=O) groups excluding carboxylic acids is 2. The topological polar surface area (TPSA) is 78.0 Å². The molecular formula is C14H23N3O4S. The van der Waals surface area contributed by atoms with Crippen molar-refractivity contribution < 1.29 is 18.0 Å². The number of urea groups is 1. The second kappa shape index (κ2) is 5.49. The molecule has 0 aromatic rings. The van der Waals surface area contributed by atoms with E-state index in [1.807, 2.05) is 0 Å². The van der Waals surface area contributed by atoms with Gasteiger partial charge in [0.05, 0.1) is 5.75 Å². The summed E-state index contributed by atoms with van der Waals surface area (Å²) < 4.78 is 25.6. The summed E-state index contributed by atoms with van der Waals surface area (Å²) in [5.74, 6) is 0.114. The van der Waals surface area contributed by atoms with Crippen molar-refractivity contribution in [1.82, 2.24) is 14.1 Å². The highest BCUT2D eigenvalue weighted by Crippen LogP contribution is 2.32. The highest BCUT2D eigenvalue weighted by atomic mass is 32.2. The Labute approximate surface area is 131 Å². The molecular weight excluding hydrogens is 306 g/mol. The van der Waals surface area contributed by atoms with Crippen LogP contribution in [0.3, 0.4) is 0 Å². The molecule has 3 aliphatic rings. The van der Waals surface area contributed by atoms with Gasteiger partial charge in [0.25, 0.3) is 5.91 Å². The Morgan fingerprint density at radius 1 is 1.05 bits per heavy atom. The monoisotopic (exact) mass is 329 g/mol. The van der Waals surface area contributed by atoms with Gasteiger partial charge in [-0.05, 0) is 39.0 Å². The standard InChI is InChI=1S/C14H23N3O4S/c1-10-13(18)17(14(19)15(10)2)12-6-4-11(5-7-12)16-8-3-9-22(16,20)21/h10-12H,3-9H2,1-2H3. The molecule has 0 radical (unpaired) electrons. The molecule has 2 heterocycles. The van der Waals surface area contributed by atoms with E-state index in [2.05, 4.69) is 0 Å². The SMILES string of the molecule is CC1C(=O)N(C2CCC(N3CCCS3(=O)=O)CC2)C(=O)N1C. The predicted molar refractivity (Wildman–Crippen MR) is 80.6 cm³/mol. The molecule has 124 valence electrons. The number of nitrogens with zero attached hydrogens (tertiary/aromatic N) is 3. The van der Waals surface area contributed by atoms with Crippen LogP contribution in [-0.4, -0.2) is 71.9 Å². The average Bonchev–Trinajstić information content (AvgIpc) is 2.93. The molecule has 3 rings (SSSR count). The molecule has 0 aromatic carbocycles. The first-order valence-electron chi connectivity index (χ1n) is 7.92. The highest BCUT2D eigenvalue weighted by molar-refractivity contribution is 7.89. The fraction of sp³-hybridized carbons (Fsp3) is 0.857. The van der Waals surface area contributed by atoms with Crippen LogP contribution in [0.1, 0.15) is 39.0 Å². The van der Waals surface area contributed by atoms with E-state index in [0.717, 1.165) is 12.8 Å². The number of rotatable bonds is 2. The third kappa shape index (κ3) is 2.42. The molecule has 8 heteroatoms. The van der Waals surface area contributed by atoms with Crippen LogP contribution in [0.2, 0.25) is 0 Å². The van der Waals surface area contributed by atoms with E-state index >= 15 is 0 Å². The van der Waals surface area contributed by atoms with Crippen LogP contribution in [-0.2, 0) is 14.8 Å². The van der Waals surface area contributed by atoms with Gasteiger partial charge in [-0.15, -0.1) is 0 Å². The number of amides is 3. The molecule has 1 unspecified atom stereocenters. The first kappa shape index (κ1) is 15.7. The summed E-state index contributed by atoms with van der Waals surface area (Å²) in [6.07, 6.45) is 3.52. The molecule has 3 amide bonds. The first-order valence-corrected chi connectivity index (χ1v) is 9.53. The molecule has 0 aromatic heterocycles. The van der Waals surface area contributed by atoms with Crippen molar-refractivity contribution in [3.63, 3.8) is 0 Å². The van der Waals surface area contributed by atoms with Crippen LogP contribution < -0.4 is 0 Å². The van der Waals surface area contributed by atoms with E-state index < -0.39 is 16.1 Å². The van der Waals surface area contributed by atoms with Gasteiger partial charge in [0, 0.05) is 25.7 Å². The maximum Gasteiger partial charge on any atom is 0.327 e. The van der Waals surface area contributed by atoms with Gasteiger partial charge in [-0.25, -0.2) is 13.2 Å². The Balaban J connectivity index is 1.65. The van der Waals surface area contributed by atoms with E-state index in [4.69, 9.17) is 0 Å². The Bertz CT molecular complexity index is 563. The highest BCUT2D eigenvalue weighted by Gasteiger charge is 2.46. The van der Waals surface area contributed by atoms with E-state index in [9.17, 15) is 18.0 Å². The minimum absolute atomic E-state index is 0.0340. The van der Waals surface area contributed by atoms with Gasteiger partial charge in [0.1, 0.15) is 6.04 Å². The number of imide groups is 1. The summed E-state index contributed by atoms with van der Waals surface area (Å²) in [5, 5.41) is 0. The number of hydrogen-bond donors (Lipinski definition) is 0. The third-order valence-electron chi connectivity index (χ3n) is 5.26. The number of carbonyl (C=O) groups is 2. The molecule has 0 N–H and O–H groups in total. The maximum absolute atomic E-state index is 12.2. The van der Waals surface area contributed by atoms with E-state index in [1.165, 1.54) is 9.80 Å². The molecule has 0 bridgehead atoms. The van der Waals surface area contributed by atoms with E-state index in [0.29, 0.717) is 25.8 Å². The molecule has 1 aliphatic carbocycles. The van der Waals surface area contributed by atoms with Crippen molar-refractivity contribution in [2.75, 3.05) is 19.3 Å². The zero-order chi connectivity index (χ0) is 16.1. The Hall–Kier alpha value is -1.15. The van der Waals surface area contributed by atoms with Crippen molar-refractivity contribution in [3.8, 4) is 0 Å². The summed E-state index contributed by atoms with van der Waals surface area (Å²) in [4.78, 5) is 27.3. The Morgan fingerprint density at radius 3 is 2.09 bits per heavy atom. The normalized spacial score (nSPS) is 36.4. The lowest BCUT2D eigenvalue weighted by atomic mass is 9.90.